The van der Waals surface area contributed by atoms with Crippen LogP contribution in [-0.2, 0) is 0 Å². The highest BCUT2D eigenvalue weighted by atomic mass is 31.0. The molecule has 0 amide bonds. The molecule has 0 aliphatic rings. The van der Waals surface area contributed by atoms with Crippen LogP contribution in [-0.4, -0.2) is 11.1 Å². The Kier molecular flexibility index (Phi) is 7.23. The number of rotatable bonds is 0. The second kappa shape index (κ2) is 7.58. The van der Waals surface area contributed by atoms with Crippen LogP contribution in [0.4, 0.5) is 0 Å². The van der Waals surface area contributed by atoms with Crippen LogP contribution in [0.15, 0.2) is 30.6 Å². The van der Waals surface area contributed by atoms with Crippen LogP contribution in [0, 0.1) is 0 Å². The highest BCUT2D eigenvalue weighted by Gasteiger charge is 1.58. The molecule has 1 rings (SSSR count). The third-order valence-electron chi connectivity index (χ3n) is 0.566. The molecule has 1 aromatic rings. The maximum atomic E-state index is 3.78. The molecule has 0 aromatic carbocycles. The molecule has 0 radical (unpaired) electrons. The van der Waals surface area contributed by atoms with Gasteiger partial charge in [-0.2, -0.15) is 0 Å². The molecule has 1 aromatic heterocycles. The summed E-state index contributed by atoms with van der Waals surface area (Å²) >= 11 is 0. The van der Waals surface area contributed by atoms with Gasteiger partial charge in [-0.25, -0.2) is 0 Å². The number of aromatic nitrogens is 1. The molecule has 1 unspecified atom stereocenters. The first kappa shape index (κ1) is 8.58. The van der Waals surface area contributed by atoms with Crippen LogP contribution >= 0.6 is 9.24 Å². The van der Waals surface area contributed by atoms with Gasteiger partial charge >= 0.3 is 0 Å². The first-order chi connectivity index (χ1) is 4.41. The van der Waals surface area contributed by atoms with E-state index in [2.05, 4.69) is 21.1 Å². The lowest BCUT2D eigenvalue weighted by molar-refractivity contribution is 1.33. The molecule has 1 nitrogen and oxygen atoms in total. The van der Waals surface area contributed by atoms with Crippen molar-refractivity contribution in [1.29, 1.82) is 0 Å². The van der Waals surface area contributed by atoms with E-state index in [9.17, 15) is 0 Å². The first-order valence-electron chi connectivity index (χ1n) is 2.97. The van der Waals surface area contributed by atoms with E-state index in [-0.39, 0.29) is 0 Å². The van der Waals surface area contributed by atoms with E-state index in [1.54, 1.807) is 12.4 Å². The number of hydrogen-bond acceptors (Lipinski definition) is 1. The Bertz CT molecular complexity index is 91.8. The van der Waals surface area contributed by atoms with Gasteiger partial charge in [0, 0.05) is 12.4 Å². The van der Waals surface area contributed by atoms with E-state index in [1.807, 2.05) is 18.2 Å². The van der Waals surface area contributed by atoms with Gasteiger partial charge in [-0.3, -0.25) is 4.98 Å². The van der Waals surface area contributed by atoms with Gasteiger partial charge < -0.3 is 0 Å². The number of nitrogens with zero attached hydrogens (tertiary/aromatic N) is 1. The minimum absolute atomic E-state index is 1.17. The van der Waals surface area contributed by atoms with Gasteiger partial charge in [-0.05, 0) is 18.3 Å². The van der Waals surface area contributed by atoms with Crippen molar-refractivity contribution in [1.82, 2.24) is 4.98 Å². The lowest BCUT2D eigenvalue weighted by atomic mass is 10.5. The second-order valence-corrected chi connectivity index (χ2v) is 2.25. The van der Waals surface area contributed by atoms with Gasteiger partial charge in [0.25, 0.3) is 0 Å². The van der Waals surface area contributed by atoms with Crippen molar-refractivity contribution in [2.45, 2.75) is 6.92 Å². The monoisotopic (exact) mass is 141 g/mol. The Morgan fingerprint density at radius 3 is 1.78 bits per heavy atom. The average molecular weight is 141 g/mol. The van der Waals surface area contributed by atoms with E-state index >= 15 is 0 Å². The Morgan fingerprint density at radius 2 is 1.67 bits per heavy atom. The fourth-order valence-electron chi connectivity index (χ4n) is 0.313. The Hall–Kier alpha value is -0.420. The molecule has 2 heteroatoms. The zero-order valence-electron chi connectivity index (χ0n) is 5.62. The average Bonchev–Trinajstić information content (AvgIpc) is 1.93. The Morgan fingerprint density at radius 1 is 1.22 bits per heavy atom. The van der Waals surface area contributed by atoms with Crippen molar-refractivity contribution in [3.63, 3.8) is 0 Å². The fourth-order valence-corrected chi connectivity index (χ4v) is 0.313. The van der Waals surface area contributed by atoms with Gasteiger partial charge in [0.05, 0.1) is 0 Å². The molecule has 0 saturated heterocycles. The maximum absolute atomic E-state index is 3.78. The molecule has 0 N–H and O–H groups in total. The third-order valence-corrected chi connectivity index (χ3v) is 0.566. The SMILES string of the molecule is CCP.c1ccncc1. The normalized spacial score (nSPS) is 7.33. The van der Waals surface area contributed by atoms with Crippen molar-refractivity contribution >= 4 is 9.24 Å². The van der Waals surface area contributed by atoms with E-state index in [1.165, 1.54) is 6.16 Å². The third kappa shape index (κ3) is 7.58. The zero-order chi connectivity index (χ0) is 6.95. The smallest absolute Gasteiger partial charge is 0.0267 e. The molecule has 9 heavy (non-hydrogen) atoms. The van der Waals surface area contributed by atoms with Crippen LogP contribution in [0.1, 0.15) is 6.92 Å². The summed E-state index contributed by atoms with van der Waals surface area (Å²) in [6.07, 6.45) is 4.67. The summed E-state index contributed by atoms with van der Waals surface area (Å²) in [5.41, 5.74) is 0. The van der Waals surface area contributed by atoms with Crippen molar-refractivity contribution in [3.8, 4) is 0 Å². The first-order valence-corrected chi connectivity index (χ1v) is 3.78. The van der Waals surface area contributed by atoms with E-state index in [4.69, 9.17) is 0 Å². The van der Waals surface area contributed by atoms with Crippen LogP contribution in [0.3, 0.4) is 0 Å². The minimum Gasteiger partial charge on any atom is -0.265 e. The maximum Gasteiger partial charge on any atom is 0.0267 e. The quantitative estimate of drug-likeness (QED) is 0.503. The summed E-state index contributed by atoms with van der Waals surface area (Å²) in [5, 5.41) is 0. The van der Waals surface area contributed by atoms with Gasteiger partial charge in [0.1, 0.15) is 0 Å². The number of hydrogen-bond donors (Lipinski definition) is 0. The second-order valence-electron chi connectivity index (χ2n) is 1.43. The molecule has 0 spiro atoms. The van der Waals surface area contributed by atoms with Crippen molar-refractivity contribution in [2.75, 3.05) is 6.16 Å². The molecule has 0 saturated carbocycles. The van der Waals surface area contributed by atoms with Crippen LogP contribution in [0.25, 0.3) is 0 Å². The van der Waals surface area contributed by atoms with Crippen molar-refractivity contribution in [3.05, 3.63) is 30.6 Å². The molecule has 0 aliphatic carbocycles. The standard InChI is InChI=1S/C5H5N.C2H7P/c1-2-4-6-5-3-1;1-2-3/h1-5H;2-3H2,1H3. The van der Waals surface area contributed by atoms with Crippen LogP contribution in [0.2, 0.25) is 0 Å². The van der Waals surface area contributed by atoms with Crippen molar-refractivity contribution in [2.24, 2.45) is 0 Å². The summed E-state index contributed by atoms with van der Waals surface area (Å²) in [5.74, 6) is 0. The summed E-state index contributed by atoms with van der Waals surface area (Å²) < 4.78 is 0. The Labute approximate surface area is 58.7 Å². The molecular weight excluding hydrogens is 129 g/mol. The zero-order valence-corrected chi connectivity index (χ0v) is 6.77. The van der Waals surface area contributed by atoms with Crippen molar-refractivity contribution < 1.29 is 0 Å². The molecule has 50 valence electrons. The number of pyridine rings is 1. The topological polar surface area (TPSA) is 12.9 Å². The molecule has 0 bridgehead atoms. The van der Waals surface area contributed by atoms with Crippen LogP contribution < -0.4 is 0 Å². The van der Waals surface area contributed by atoms with E-state index in [0.717, 1.165) is 0 Å². The van der Waals surface area contributed by atoms with Gasteiger partial charge in [0.2, 0.25) is 0 Å². The van der Waals surface area contributed by atoms with E-state index < -0.39 is 0 Å². The Balaban J connectivity index is 0.000000187. The molecular formula is C7H12NP. The molecule has 1 atom stereocenters. The predicted octanol–water partition coefficient (Wildman–Crippen LogP) is 1.96. The summed E-state index contributed by atoms with van der Waals surface area (Å²) in [6, 6.07) is 5.72. The summed E-state index contributed by atoms with van der Waals surface area (Å²) in [4.78, 5) is 3.78. The van der Waals surface area contributed by atoms with Gasteiger partial charge in [-0.1, -0.05) is 13.0 Å². The lowest BCUT2D eigenvalue weighted by Crippen LogP contribution is -1.58. The highest BCUT2D eigenvalue weighted by Crippen LogP contribution is 1.73. The predicted molar refractivity (Wildman–Crippen MR) is 44.5 cm³/mol. The van der Waals surface area contributed by atoms with Crippen LogP contribution in [0.5, 0.6) is 0 Å². The molecule has 0 aliphatic heterocycles. The fraction of sp³-hybridized carbons (Fsp3) is 0.286. The highest BCUT2D eigenvalue weighted by molar-refractivity contribution is 7.16. The van der Waals surface area contributed by atoms with E-state index in [0.29, 0.717) is 0 Å². The molecule has 0 fully saturated rings. The minimum atomic E-state index is 1.17. The summed E-state index contributed by atoms with van der Waals surface area (Å²) in [6.45, 7) is 2.09. The van der Waals surface area contributed by atoms with Gasteiger partial charge in [0.15, 0.2) is 0 Å². The lowest BCUT2D eigenvalue weighted by Gasteiger charge is -1.70. The largest absolute Gasteiger partial charge is 0.265 e. The summed E-state index contributed by atoms with van der Waals surface area (Å²) in [7, 11) is 2.58. The van der Waals surface area contributed by atoms with Gasteiger partial charge in [-0.15, -0.1) is 9.24 Å². The molecule has 1 heterocycles.